The number of aromatic nitrogens is 3. The van der Waals surface area contributed by atoms with Crippen molar-refractivity contribution >= 4 is 5.91 Å². The van der Waals surface area contributed by atoms with E-state index in [1.165, 1.54) is 5.56 Å². The van der Waals surface area contributed by atoms with Crippen LogP contribution in [0.3, 0.4) is 0 Å². The molecule has 0 saturated carbocycles. The molecule has 1 atom stereocenters. The van der Waals surface area contributed by atoms with Crippen molar-refractivity contribution < 1.29 is 4.79 Å². The summed E-state index contributed by atoms with van der Waals surface area (Å²) in [6, 6.07) is 20.3. The van der Waals surface area contributed by atoms with Crippen LogP contribution in [0.15, 0.2) is 60.7 Å². The number of aromatic amines is 1. The van der Waals surface area contributed by atoms with Crippen LogP contribution in [-0.2, 0) is 17.8 Å². The first-order valence-electron chi connectivity index (χ1n) is 10.2. The van der Waals surface area contributed by atoms with Crippen molar-refractivity contribution in [3.8, 4) is 0 Å². The molecule has 1 aliphatic rings. The molecule has 1 amide bonds. The molecular weight excluding hydrogens is 362 g/mol. The van der Waals surface area contributed by atoms with E-state index in [4.69, 9.17) is 0 Å². The number of carbonyl (C=O) groups excluding carboxylic acids is 1. The summed E-state index contributed by atoms with van der Waals surface area (Å²) in [4.78, 5) is 22.2. The van der Waals surface area contributed by atoms with Crippen LogP contribution in [0.2, 0.25) is 0 Å². The van der Waals surface area contributed by atoms with Crippen molar-refractivity contribution in [2.75, 3.05) is 19.6 Å². The smallest absolute Gasteiger partial charge is 0.227 e. The number of benzene rings is 2. The lowest BCUT2D eigenvalue weighted by Gasteiger charge is -2.28. The maximum absolute atomic E-state index is 13.2. The highest BCUT2D eigenvalue weighted by Gasteiger charge is 2.31. The molecule has 1 saturated heterocycles. The molecule has 3 aromatic rings. The third-order valence-electron chi connectivity index (χ3n) is 5.43. The zero-order valence-electron chi connectivity index (χ0n) is 16.8. The predicted octanol–water partition coefficient (Wildman–Crippen LogP) is 3.13. The van der Waals surface area contributed by atoms with Gasteiger partial charge < -0.3 is 4.90 Å². The summed E-state index contributed by atoms with van der Waals surface area (Å²) in [6.07, 6.45) is 1.23. The van der Waals surface area contributed by atoms with Crippen molar-refractivity contribution in [3.63, 3.8) is 0 Å². The maximum atomic E-state index is 13.2. The predicted molar refractivity (Wildman–Crippen MR) is 112 cm³/mol. The molecule has 0 aliphatic carbocycles. The molecule has 1 aliphatic heterocycles. The quantitative estimate of drug-likeness (QED) is 0.728. The van der Waals surface area contributed by atoms with Gasteiger partial charge in [-0.3, -0.25) is 14.8 Å². The Labute approximate surface area is 171 Å². The Bertz CT molecular complexity index is 925. The Morgan fingerprint density at radius 1 is 1.00 bits per heavy atom. The third-order valence-corrected chi connectivity index (χ3v) is 5.43. The largest absolute Gasteiger partial charge is 0.331 e. The normalized spacial score (nSPS) is 17.8. The van der Waals surface area contributed by atoms with Crippen LogP contribution < -0.4 is 0 Å². The molecular formula is C23H27N5O. The van der Waals surface area contributed by atoms with Gasteiger partial charge in [0.05, 0.1) is 12.5 Å². The first kappa shape index (κ1) is 19.3. The summed E-state index contributed by atoms with van der Waals surface area (Å²) >= 11 is 0. The number of hydrogen-bond donors (Lipinski definition) is 1. The van der Waals surface area contributed by atoms with Gasteiger partial charge in [0.2, 0.25) is 5.91 Å². The lowest BCUT2D eigenvalue weighted by molar-refractivity contribution is -0.133. The van der Waals surface area contributed by atoms with Gasteiger partial charge in [0, 0.05) is 26.2 Å². The van der Waals surface area contributed by atoms with E-state index < -0.39 is 0 Å². The average Bonchev–Trinajstić information content (AvgIpc) is 3.06. The van der Waals surface area contributed by atoms with Gasteiger partial charge >= 0.3 is 0 Å². The zero-order valence-corrected chi connectivity index (χ0v) is 16.8. The highest BCUT2D eigenvalue weighted by molar-refractivity contribution is 5.79. The van der Waals surface area contributed by atoms with E-state index in [0.29, 0.717) is 18.8 Å². The minimum absolute atomic E-state index is 0.100. The molecule has 2 aromatic carbocycles. The Morgan fingerprint density at radius 3 is 2.34 bits per heavy atom. The zero-order chi connectivity index (χ0) is 20.1. The van der Waals surface area contributed by atoms with Crippen LogP contribution in [0.1, 0.15) is 35.2 Å². The van der Waals surface area contributed by atoms with Gasteiger partial charge in [0.15, 0.2) is 5.82 Å². The Kier molecular flexibility index (Phi) is 6.00. The van der Waals surface area contributed by atoms with Gasteiger partial charge in [0.25, 0.3) is 0 Å². The van der Waals surface area contributed by atoms with E-state index in [-0.39, 0.29) is 11.9 Å². The molecule has 0 radical (unpaired) electrons. The second-order valence-electron chi connectivity index (χ2n) is 7.59. The van der Waals surface area contributed by atoms with Gasteiger partial charge in [-0.15, -0.1) is 0 Å². The summed E-state index contributed by atoms with van der Waals surface area (Å²) in [6.45, 7) is 5.21. The van der Waals surface area contributed by atoms with E-state index in [1.54, 1.807) is 0 Å². The van der Waals surface area contributed by atoms with Crippen molar-refractivity contribution in [1.82, 2.24) is 25.0 Å². The first-order valence-corrected chi connectivity index (χ1v) is 10.2. The number of aryl methyl sites for hydroxylation is 1. The van der Waals surface area contributed by atoms with Crippen molar-refractivity contribution in [2.45, 2.75) is 32.4 Å². The number of H-pyrrole nitrogens is 1. The second-order valence-corrected chi connectivity index (χ2v) is 7.59. The molecule has 1 unspecified atom stereocenters. The molecule has 150 valence electrons. The summed E-state index contributed by atoms with van der Waals surface area (Å²) in [5.74, 6) is 1.62. The van der Waals surface area contributed by atoms with Crippen LogP contribution in [-0.4, -0.2) is 50.5 Å². The van der Waals surface area contributed by atoms with E-state index >= 15 is 0 Å². The van der Waals surface area contributed by atoms with Crippen molar-refractivity contribution in [3.05, 3.63) is 83.4 Å². The Hall–Kier alpha value is -2.99. The summed E-state index contributed by atoms with van der Waals surface area (Å²) in [5.41, 5.74) is 2.33. The van der Waals surface area contributed by atoms with Gasteiger partial charge in [0.1, 0.15) is 5.82 Å². The number of nitrogens with one attached hydrogen (secondary N) is 1. The summed E-state index contributed by atoms with van der Waals surface area (Å²) < 4.78 is 0. The third kappa shape index (κ3) is 4.90. The topological polar surface area (TPSA) is 65.1 Å². The SMILES string of the molecule is Cc1nc(C2CCN(Cc3ccccc3)CCN2C(=O)Cc2ccccc2)n[nH]1. The van der Waals surface area contributed by atoms with E-state index in [9.17, 15) is 4.79 Å². The van der Waals surface area contributed by atoms with Crippen LogP contribution in [0.4, 0.5) is 0 Å². The molecule has 4 rings (SSSR count). The van der Waals surface area contributed by atoms with E-state index in [2.05, 4.69) is 44.3 Å². The highest BCUT2D eigenvalue weighted by Crippen LogP contribution is 2.26. The lowest BCUT2D eigenvalue weighted by atomic mass is 10.1. The number of nitrogens with zero attached hydrogens (tertiary/aromatic N) is 4. The molecule has 6 heteroatoms. The van der Waals surface area contributed by atoms with Gasteiger partial charge in [-0.25, -0.2) is 4.98 Å². The molecule has 1 aromatic heterocycles. The number of carbonyl (C=O) groups is 1. The fraction of sp³-hybridized carbons (Fsp3) is 0.348. The maximum Gasteiger partial charge on any atom is 0.227 e. The van der Waals surface area contributed by atoms with E-state index in [0.717, 1.165) is 37.4 Å². The molecule has 2 heterocycles. The standard InChI is InChI=1S/C23H27N5O/c1-18-24-23(26-25-18)21-12-13-27(17-20-10-6-3-7-11-20)14-15-28(21)22(29)16-19-8-4-2-5-9-19/h2-11,21H,12-17H2,1H3,(H,24,25,26). The summed E-state index contributed by atoms with van der Waals surface area (Å²) in [7, 11) is 0. The van der Waals surface area contributed by atoms with Crippen molar-refractivity contribution in [1.29, 1.82) is 0 Å². The van der Waals surface area contributed by atoms with Crippen LogP contribution in [0.5, 0.6) is 0 Å². The first-order chi connectivity index (χ1) is 14.2. The van der Waals surface area contributed by atoms with E-state index in [1.807, 2.05) is 48.2 Å². The van der Waals surface area contributed by atoms with Crippen molar-refractivity contribution in [2.24, 2.45) is 0 Å². The molecule has 6 nitrogen and oxygen atoms in total. The molecule has 29 heavy (non-hydrogen) atoms. The summed E-state index contributed by atoms with van der Waals surface area (Å²) in [5, 5.41) is 7.32. The average molecular weight is 390 g/mol. The van der Waals surface area contributed by atoms with Crippen LogP contribution in [0.25, 0.3) is 0 Å². The second kappa shape index (κ2) is 9.01. The monoisotopic (exact) mass is 389 g/mol. The lowest BCUT2D eigenvalue weighted by Crippen LogP contribution is -2.38. The van der Waals surface area contributed by atoms with Crippen LogP contribution in [0, 0.1) is 6.92 Å². The van der Waals surface area contributed by atoms with Gasteiger partial charge in [-0.2, -0.15) is 5.10 Å². The number of hydrogen-bond acceptors (Lipinski definition) is 4. The minimum atomic E-state index is -0.100. The fourth-order valence-electron chi connectivity index (χ4n) is 3.93. The molecule has 0 spiro atoms. The highest BCUT2D eigenvalue weighted by atomic mass is 16.2. The fourth-order valence-corrected chi connectivity index (χ4v) is 3.93. The van der Waals surface area contributed by atoms with Gasteiger partial charge in [-0.1, -0.05) is 60.7 Å². The Balaban J connectivity index is 1.52. The molecule has 1 N–H and O–H groups in total. The minimum Gasteiger partial charge on any atom is -0.331 e. The number of rotatable bonds is 5. The molecule has 1 fully saturated rings. The molecule has 0 bridgehead atoms. The number of amides is 1. The van der Waals surface area contributed by atoms with Gasteiger partial charge in [-0.05, 0) is 24.5 Å². The Morgan fingerprint density at radius 2 is 1.69 bits per heavy atom. The van der Waals surface area contributed by atoms with Crippen LogP contribution >= 0.6 is 0 Å².